The van der Waals surface area contributed by atoms with Crippen molar-refractivity contribution in [3.05, 3.63) is 69.9 Å². The zero-order valence-electron chi connectivity index (χ0n) is 15.7. The molecule has 0 fully saturated rings. The van der Waals surface area contributed by atoms with Crippen molar-refractivity contribution >= 4 is 38.3 Å². The third-order valence-corrected chi connectivity index (χ3v) is 8.29. The number of carbonyl (C=O) groups is 1. The number of amides is 1. The molecule has 1 aliphatic heterocycles. The van der Waals surface area contributed by atoms with Gasteiger partial charge in [0.05, 0.1) is 5.75 Å². The lowest BCUT2D eigenvalue weighted by Gasteiger charge is -2.54. The molecule has 8 heteroatoms. The third kappa shape index (κ3) is 3.74. The summed E-state index contributed by atoms with van der Waals surface area (Å²) in [6.45, 7) is 4.86. The van der Waals surface area contributed by atoms with E-state index in [2.05, 4.69) is 26.2 Å². The van der Waals surface area contributed by atoms with Gasteiger partial charge in [0, 0.05) is 15.6 Å². The molecule has 3 rings (SSSR count). The molecule has 5 nitrogen and oxygen atoms in total. The van der Waals surface area contributed by atoms with Crippen LogP contribution in [0.5, 0.6) is 0 Å². The van der Waals surface area contributed by atoms with Crippen molar-refractivity contribution in [3.8, 4) is 0 Å². The van der Waals surface area contributed by atoms with Gasteiger partial charge >= 0.3 is 0 Å². The Morgan fingerprint density at radius 2 is 1.82 bits per heavy atom. The lowest BCUT2D eigenvalue weighted by molar-refractivity contribution is 0.0975. The zero-order valence-corrected chi connectivity index (χ0v) is 18.1. The number of nitrogens with zero attached hydrogens (tertiary/aromatic N) is 1. The maximum atomic E-state index is 14.6. The number of aliphatic imine (C=N–C) groups is 1. The molecule has 28 heavy (non-hydrogen) atoms. The molecule has 0 spiro atoms. The molecule has 1 aliphatic rings. The highest BCUT2D eigenvalue weighted by Gasteiger charge is 2.50. The summed E-state index contributed by atoms with van der Waals surface area (Å²) < 4.78 is 35.8. The number of benzene rings is 2. The predicted molar refractivity (Wildman–Crippen MR) is 115 cm³/mol. The number of hydrogen-bond acceptors (Lipinski definition) is 4. The van der Waals surface area contributed by atoms with Crippen molar-refractivity contribution in [2.24, 2.45) is 4.99 Å². The maximum absolute atomic E-state index is 14.6. The smallest absolute Gasteiger partial charge is 0.256 e. The van der Waals surface area contributed by atoms with Gasteiger partial charge in [-0.1, -0.05) is 34.1 Å². The van der Waals surface area contributed by atoms with E-state index in [9.17, 15) is 18.3 Å². The van der Waals surface area contributed by atoms with E-state index in [-0.39, 0.29) is 17.2 Å². The van der Waals surface area contributed by atoms with Crippen LogP contribution in [0.15, 0.2) is 58.0 Å². The van der Waals surface area contributed by atoms with Crippen molar-refractivity contribution in [1.82, 2.24) is 5.32 Å². The molecule has 1 heterocycles. The Bertz CT molecular complexity index is 950. The second-order valence-electron chi connectivity index (χ2n) is 7.50. The van der Waals surface area contributed by atoms with Gasteiger partial charge in [-0.3, -0.25) is 18.9 Å². The first kappa shape index (κ1) is 21.0. The monoisotopic (exact) mass is 468 g/mol. The molecule has 3 N–H and O–H groups in total. The molecule has 2 aromatic carbocycles. The minimum Gasteiger partial charge on any atom is -0.309 e. The molecule has 1 amide bonds. The van der Waals surface area contributed by atoms with E-state index < -0.39 is 32.6 Å². The predicted octanol–water partition coefficient (Wildman–Crippen LogP) is 5.17. The molecule has 1 atom stereocenters. The maximum Gasteiger partial charge on any atom is 0.256 e. The first-order chi connectivity index (χ1) is 13.0. The normalized spacial score (nSPS) is 24.2. The molecule has 0 unspecified atom stereocenters. The summed E-state index contributed by atoms with van der Waals surface area (Å²) in [6, 6.07) is 13.0. The number of carbonyl (C=O) groups excluding carboxylic acids is 1. The van der Waals surface area contributed by atoms with Crippen molar-refractivity contribution in [1.29, 1.82) is 0 Å². The van der Waals surface area contributed by atoms with Gasteiger partial charge in [-0.25, -0.2) is 4.39 Å². The van der Waals surface area contributed by atoms with Gasteiger partial charge in [-0.2, -0.15) is 10.6 Å². The number of hydrogen-bond donors (Lipinski definition) is 3. The fourth-order valence-electron chi connectivity index (χ4n) is 3.14. The van der Waals surface area contributed by atoms with E-state index in [0.717, 1.165) is 0 Å². The quantitative estimate of drug-likeness (QED) is 0.567. The van der Waals surface area contributed by atoms with Gasteiger partial charge in [0.25, 0.3) is 5.91 Å². The highest BCUT2D eigenvalue weighted by molar-refractivity contribution is 9.10. The van der Waals surface area contributed by atoms with Crippen LogP contribution < -0.4 is 5.32 Å². The van der Waals surface area contributed by atoms with Gasteiger partial charge in [-0.15, -0.1) is 0 Å². The molecule has 0 aliphatic carbocycles. The Morgan fingerprint density at radius 3 is 2.46 bits per heavy atom. The van der Waals surface area contributed by atoms with Crippen LogP contribution in [0, 0.1) is 5.82 Å². The van der Waals surface area contributed by atoms with Gasteiger partial charge in [-0.05, 0) is 51.1 Å². The Balaban J connectivity index is 2.09. The second-order valence-corrected chi connectivity index (χ2v) is 11.1. The van der Waals surface area contributed by atoms with Crippen molar-refractivity contribution in [3.63, 3.8) is 0 Å². The Hall–Kier alpha value is -1.74. The SMILES string of the molecule is CC1(C)C(NC(=O)c2ccccc2)=N[C@](C)(c2cc(Br)ccc2F)CS1(O)O. The van der Waals surface area contributed by atoms with Crippen LogP contribution in [0.4, 0.5) is 4.39 Å². The van der Waals surface area contributed by atoms with Crippen LogP contribution in [0.3, 0.4) is 0 Å². The Labute approximate surface area is 173 Å². The Kier molecular flexibility index (Phi) is 5.44. The van der Waals surface area contributed by atoms with Crippen LogP contribution in [0.1, 0.15) is 36.7 Å². The average molecular weight is 469 g/mol. The minimum atomic E-state index is -3.25. The summed E-state index contributed by atoms with van der Waals surface area (Å²) >= 11 is 3.32. The summed E-state index contributed by atoms with van der Waals surface area (Å²) in [7, 11) is -3.25. The van der Waals surface area contributed by atoms with Crippen LogP contribution in [0.2, 0.25) is 0 Å². The van der Waals surface area contributed by atoms with E-state index in [1.165, 1.54) is 6.07 Å². The standard InChI is InChI=1S/C20H22BrFN2O3S/c1-19(2)18(23-17(25)13-7-5-4-6-8-13)24-20(3,12-28(19,26)27)15-11-14(21)9-10-16(15)22/h4-11,26-27H,12H2,1-3H3,(H,23,24,25)/t20-/m0/s1. The van der Waals surface area contributed by atoms with Crippen molar-refractivity contribution < 1.29 is 18.3 Å². The minimum absolute atomic E-state index is 0.120. The van der Waals surface area contributed by atoms with Gasteiger partial charge in [0.15, 0.2) is 0 Å². The molecular formula is C20H22BrFN2O3S. The fourth-order valence-corrected chi connectivity index (χ4v) is 5.27. The number of amidine groups is 1. The molecule has 0 bridgehead atoms. The first-order valence-corrected chi connectivity index (χ1v) is 11.1. The second kappa shape index (κ2) is 7.26. The van der Waals surface area contributed by atoms with E-state index in [1.807, 2.05) is 0 Å². The molecule has 150 valence electrons. The van der Waals surface area contributed by atoms with Crippen molar-refractivity contribution in [2.75, 3.05) is 5.75 Å². The highest BCUT2D eigenvalue weighted by atomic mass is 79.9. The topological polar surface area (TPSA) is 81.9 Å². The molecule has 2 aromatic rings. The fraction of sp³-hybridized carbons (Fsp3) is 0.300. The third-order valence-electron chi connectivity index (χ3n) is 5.01. The van der Waals surface area contributed by atoms with Crippen LogP contribution in [-0.4, -0.2) is 31.3 Å². The Morgan fingerprint density at radius 1 is 1.18 bits per heavy atom. The van der Waals surface area contributed by atoms with Gasteiger partial charge < -0.3 is 5.32 Å². The number of halogens is 2. The van der Waals surface area contributed by atoms with E-state index in [0.29, 0.717) is 10.0 Å². The van der Waals surface area contributed by atoms with Crippen LogP contribution in [0.25, 0.3) is 0 Å². The number of rotatable bonds is 2. The first-order valence-electron chi connectivity index (χ1n) is 8.64. The molecule has 0 aromatic heterocycles. The van der Waals surface area contributed by atoms with Crippen LogP contribution in [-0.2, 0) is 5.54 Å². The van der Waals surface area contributed by atoms with E-state index in [4.69, 9.17) is 0 Å². The van der Waals surface area contributed by atoms with Gasteiger partial charge in [0.2, 0.25) is 0 Å². The molecule has 0 saturated carbocycles. The largest absolute Gasteiger partial charge is 0.309 e. The zero-order chi connectivity index (χ0) is 20.7. The summed E-state index contributed by atoms with van der Waals surface area (Å²) in [6.07, 6.45) is 0. The number of nitrogens with one attached hydrogen (secondary N) is 1. The molecule has 0 radical (unpaired) electrons. The van der Waals surface area contributed by atoms with Crippen LogP contribution >= 0.6 is 26.5 Å². The summed E-state index contributed by atoms with van der Waals surface area (Å²) in [5, 5.41) is 2.72. The lowest BCUT2D eigenvalue weighted by atomic mass is 9.93. The van der Waals surface area contributed by atoms with Gasteiger partial charge in [0.1, 0.15) is 21.9 Å². The summed E-state index contributed by atoms with van der Waals surface area (Å²) in [5.74, 6) is -0.945. The average Bonchev–Trinajstić information content (AvgIpc) is 2.62. The molecular weight excluding hydrogens is 447 g/mol. The molecule has 0 saturated heterocycles. The summed E-state index contributed by atoms with van der Waals surface area (Å²) in [4.78, 5) is 17.3. The van der Waals surface area contributed by atoms with Crippen molar-refractivity contribution in [2.45, 2.75) is 31.1 Å². The highest BCUT2D eigenvalue weighted by Crippen LogP contribution is 2.59. The lowest BCUT2D eigenvalue weighted by Crippen LogP contribution is -2.55. The van der Waals surface area contributed by atoms with E-state index in [1.54, 1.807) is 63.2 Å². The summed E-state index contributed by atoms with van der Waals surface area (Å²) in [5.41, 5.74) is -0.608. The van der Waals surface area contributed by atoms with E-state index >= 15 is 0 Å².